The number of fused-ring (bicyclic) bond motifs is 1. The Balaban J connectivity index is 2.64. The van der Waals surface area contributed by atoms with Gasteiger partial charge in [0.25, 0.3) is 0 Å². The summed E-state index contributed by atoms with van der Waals surface area (Å²) in [6, 6.07) is 3.35. The van der Waals surface area contributed by atoms with E-state index >= 15 is 0 Å². The van der Waals surface area contributed by atoms with Crippen LogP contribution in [-0.4, -0.2) is 25.2 Å². The Morgan fingerprint density at radius 3 is 2.23 bits per heavy atom. The van der Waals surface area contributed by atoms with Gasteiger partial charge in [-0.15, -0.1) is 0 Å². The lowest BCUT2D eigenvalue weighted by Gasteiger charge is -2.36. The van der Waals surface area contributed by atoms with Crippen molar-refractivity contribution in [2.45, 2.75) is 46.0 Å². The summed E-state index contributed by atoms with van der Waals surface area (Å²) in [5.41, 5.74) is 1.35. The van der Waals surface area contributed by atoms with Crippen molar-refractivity contribution in [1.29, 1.82) is 0 Å². The van der Waals surface area contributed by atoms with E-state index < -0.39 is 18.0 Å². The molecule has 0 aromatic heterocycles. The normalized spacial score (nSPS) is 23.4. The number of carbonyl (C=O) groups is 2. The third kappa shape index (κ3) is 3.06. The smallest absolute Gasteiger partial charge is 0.308 e. The number of benzene rings is 1. The highest BCUT2D eigenvalue weighted by atomic mass is 16.6. The van der Waals surface area contributed by atoms with Gasteiger partial charge in [-0.05, 0) is 26.0 Å². The van der Waals surface area contributed by atoms with Crippen molar-refractivity contribution in [2.75, 3.05) is 7.11 Å². The van der Waals surface area contributed by atoms with Crippen LogP contribution >= 0.6 is 0 Å². The first-order chi connectivity index (χ1) is 10.3. The van der Waals surface area contributed by atoms with Gasteiger partial charge in [-0.25, -0.2) is 0 Å². The molecule has 0 amide bonds. The van der Waals surface area contributed by atoms with Gasteiger partial charge < -0.3 is 18.9 Å². The highest BCUT2D eigenvalue weighted by molar-refractivity contribution is 5.71. The van der Waals surface area contributed by atoms with Gasteiger partial charge in [-0.1, -0.05) is 0 Å². The molecule has 6 heteroatoms. The third-order valence-corrected chi connectivity index (χ3v) is 3.51. The first-order valence-electron chi connectivity index (χ1n) is 7.07. The zero-order valence-corrected chi connectivity index (χ0v) is 13.3. The zero-order chi connectivity index (χ0) is 16.4. The topological polar surface area (TPSA) is 71.1 Å². The van der Waals surface area contributed by atoms with Crippen LogP contribution < -0.4 is 9.47 Å². The summed E-state index contributed by atoms with van der Waals surface area (Å²) in [6.07, 6.45) is -1.30. The van der Waals surface area contributed by atoms with Crippen molar-refractivity contribution < 1.29 is 28.5 Å². The van der Waals surface area contributed by atoms with Gasteiger partial charge in [0.05, 0.1) is 19.3 Å². The predicted molar refractivity (Wildman–Crippen MR) is 77.8 cm³/mol. The maximum Gasteiger partial charge on any atom is 0.308 e. The van der Waals surface area contributed by atoms with Gasteiger partial charge in [0.2, 0.25) is 0 Å². The molecule has 6 nitrogen and oxygen atoms in total. The standard InChI is InChI=1S/C16H20O6/c1-8-14-12(19-5)6-7-13(21-10(3)17)15(14)16(9(2)20-8)22-11(4)18/h6-9,16H,1-5H3/t8-,9+,16-/m1/s1. The predicted octanol–water partition coefficient (Wildman–Crippen LogP) is 2.70. The van der Waals surface area contributed by atoms with Gasteiger partial charge in [0.1, 0.15) is 11.5 Å². The second kappa shape index (κ2) is 6.36. The Morgan fingerprint density at radius 2 is 1.68 bits per heavy atom. The van der Waals surface area contributed by atoms with E-state index in [1.165, 1.54) is 13.8 Å². The van der Waals surface area contributed by atoms with E-state index in [9.17, 15) is 9.59 Å². The van der Waals surface area contributed by atoms with Gasteiger partial charge in [0.15, 0.2) is 6.10 Å². The average molecular weight is 308 g/mol. The molecule has 1 heterocycles. The number of esters is 2. The minimum absolute atomic E-state index is 0.276. The minimum atomic E-state index is -0.659. The average Bonchev–Trinajstić information content (AvgIpc) is 2.42. The number of hydrogen-bond donors (Lipinski definition) is 0. The number of hydrogen-bond acceptors (Lipinski definition) is 6. The molecule has 3 atom stereocenters. The quantitative estimate of drug-likeness (QED) is 0.631. The summed E-state index contributed by atoms with van der Waals surface area (Å²) < 4.78 is 21.9. The molecule has 0 spiro atoms. The van der Waals surface area contributed by atoms with Gasteiger partial charge in [-0.3, -0.25) is 9.59 Å². The summed E-state index contributed by atoms with van der Waals surface area (Å²) in [7, 11) is 1.55. The maximum absolute atomic E-state index is 11.4. The minimum Gasteiger partial charge on any atom is -0.496 e. The monoisotopic (exact) mass is 308 g/mol. The number of carbonyl (C=O) groups excluding carboxylic acids is 2. The van der Waals surface area contributed by atoms with Crippen LogP contribution in [0.5, 0.6) is 11.5 Å². The molecule has 0 saturated carbocycles. The molecule has 0 aliphatic carbocycles. The molecule has 120 valence electrons. The fourth-order valence-corrected chi connectivity index (χ4v) is 2.76. The molecule has 1 aromatic rings. The first-order valence-corrected chi connectivity index (χ1v) is 7.07. The van der Waals surface area contributed by atoms with E-state index in [2.05, 4.69) is 0 Å². The highest BCUT2D eigenvalue weighted by Gasteiger charge is 2.38. The molecule has 22 heavy (non-hydrogen) atoms. The molecule has 2 rings (SSSR count). The van der Waals surface area contributed by atoms with Crippen molar-refractivity contribution in [1.82, 2.24) is 0 Å². The largest absolute Gasteiger partial charge is 0.496 e. The lowest BCUT2D eigenvalue weighted by molar-refractivity contribution is -0.161. The molecular formula is C16H20O6. The van der Waals surface area contributed by atoms with Crippen molar-refractivity contribution in [3.63, 3.8) is 0 Å². The molecule has 0 N–H and O–H groups in total. The second-order valence-corrected chi connectivity index (χ2v) is 5.20. The fraction of sp³-hybridized carbons (Fsp3) is 0.500. The van der Waals surface area contributed by atoms with Gasteiger partial charge in [-0.2, -0.15) is 0 Å². The van der Waals surface area contributed by atoms with Crippen molar-refractivity contribution >= 4 is 11.9 Å². The number of methoxy groups -OCH3 is 1. The molecule has 1 aromatic carbocycles. The van der Waals surface area contributed by atoms with Crippen LogP contribution in [0.25, 0.3) is 0 Å². The van der Waals surface area contributed by atoms with E-state index in [0.29, 0.717) is 17.1 Å². The van der Waals surface area contributed by atoms with Crippen LogP contribution in [0, 0.1) is 0 Å². The molecule has 0 unspecified atom stereocenters. The second-order valence-electron chi connectivity index (χ2n) is 5.20. The fourth-order valence-electron chi connectivity index (χ4n) is 2.76. The highest BCUT2D eigenvalue weighted by Crippen LogP contribution is 2.47. The Morgan fingerprint density at radius 1 is 1.05 bits per heavy atom. The van der Waals surface area contributed by atoms with Crippen LogP contribution in [0.15, 0.2) is 12.1 Å². The summed E-state index contributed by atoms with van der Waals surface area (Å²) >= 11 is 0. The first kappa shape index (κ1) is 16.3. The van der Waals surface area contributed by atoms with Crippen molar-refractivity contribution in [3.8, 4) is 11.5 Å². The molecular weight excluding hydrogens is 288 g/mol. The summed E-state index contributed by atoms with van der Waals surface area (Å²) in [5.74, 6) is 0.0808. The molecule has 1 aliphatic heterocycles. The van der Waals surface area contributed by atoms with Gasteiger partial charge >= 0.3 is 11.9 Å². The van der Waals surface area contributed by atoms with E-state index in [0.717, 1.165) is 5.56 Å². The molecule has 0 saturated heterocycles. The maximum atomic E-state index is 11.4. The Hall–Kier alpha value is -2.08. The van der Waals surface area contributed by atoms with Crippen LogP contribution in [0.1, 0.15) is 51.0 Å². The lowest BCUT2D eigenvalue weighted by atomic mass is 9.91. The van der Waals surface area contributed by atoms with Crippen LogP contribution in [0.4, 0.5) is 0 Å². The number of ether oxygens (including phenoxy) is 4. The van der Waals surface area contributed by atoms with Crippen LogP contribution in [0.3, 0.4) is 0 Å². The summed E-state index contributed by atoms with van der Waals surface area (Å²) in [6.45, 7) is 6.34. The van der Waals surface area contributed by atoms with Gasteiger partial charge in [0, 0.05) is 25.0 Å². The lowest BCUT2D eigenvalue weighted by Crippen LogP contribution is -2.31. The zero-order valence-electron chi connectivity index (χ0n) is 13.3. The Kier molecular flexibility index (Phi) is 4.71. The van der Waals surface area contributed by atoms with Crippen molar-refractivity contribution in [2.24, 2.45) is 0 Å². The van der Waals surface area contributed by atoms with E-state index in [-0.39, 0.29) is 12.2 Å². The number of rotatable bonds is 3. The van der Waals surface area contributed by atoms with Crippen LogP contribution in [-0.2, 0) is 19.1 Å². The van der Waals surface area contributed by atoms with Crippen LogP contribution in [0.2, 0.25) is 0 Å². The molecule has 0 radical (unpaired) electrons. The molecule has 1 aliphatic rings. The summed E-state index contributed by atoms with van der Waals surface area (Å²) in [4.78, 5) is 22.8. The van der Waals surface area contributed by atoms with Crippen molar-refractivity contribution in [3.05, 3.63) is 23.3 Å². The summed E-state index contributed by atoms with van der Waals surface area (Å²) in [5, 5.41) is 0. The van der Waals surface area contributed by atoms with E-state index in [1.54, 1.807) is 19.2 Å². The van der Waals surface area contributed by atoms with E-state index in [4.69, 9.17) is 18.9 Å². The Labute approximate surface area is 129 Å². The Bertz CT molecular complexity index is 595. The molecule has 0 bridgehead atoms. The SMILES string of the molecule is COc1ccc(OC(C)=O)c2c1[C@@H](C)O[C@@H](C)[C@H]2OC(C)=O. The molecule has 0 fully saturated rings. The van der Waals surface area contributed by atoms with E-state index in [1.807, 2.05) is 13.8 Å². The third-order valence-electron chi connectivity index (χ3n) is 3.51.